The summed E-state index contributed by atoms with van der Waals surface area (Å²) >= 11 is 3.18. The summed E-state index contributed by atoms with van der Waals surface area (Å²) in [7, 11) is 0. The van der Waals surface area contributed by atoms with Crippen molar-refractivity contribution in [2.75, 3.05) is 19.7 Å². The number of nitrogens with zero attached hydrogens (tertiary/aromatic N) is 1. The van der Waals surface area contributed by atoms with Crippen molar-refractivity contribution in [1.29, 1.82) is 0 Å². The van der Waals surface area contributed by atoms with Gasteiger partial charge in [-0.3, -0.25) is 4.79 Å². The zero-order valence-electron chi connectivity index (χ0n) is 8.86. The van der Waals surface area contributed by atoms with Gasteiger partial charge in [-0.1, -0.05) is 0 Å². The topological polar surface area (TPSA) is 53.7 Å². The van der Waals surface area contributed by atoms with E-state index < -0.39 is 0 Å². The van der Waals surface area contributed by atoms with Gasteiger partial charge in [-0.2, -0.15) is 0 Å². The first-order chi connectivity index (χ1) is 7.70. The Labute approximate surface area is 102 Å². The van der Waals surface area contributed by atoms with E-state index in [1.165, 1.54) is 0 Å². The molecule has 0 spiro atoms. The first-order valence-corrected chi connectivity index (χ1v) is 6.15. The van der Waals surface area contributed by atoms with Crippen molar-refractivity contribution in [3.63, 3.8) is 0 Å². The average Bonchev–Trinajstić information content (AvgIpc) is 2.87. The van der Waals surface area contributed by atoms with Crippen LogP contribution in [-0.4, -0.2) is 35.6 Å². The molecule has 0 aliphatic carbocycles. The van der Waals surface area contributed by atoms with E-state index in [-0.39, 0.29) is 12.5 Å². The van der Waals surface area contributed by atoms with Crippen molar-refractivity contribution in [2.24, 2.45) is 5.92 Å². The Hall–Kier alpha value is -0.810. The lowest BCUT2D eigenvalue weighted by Crippen LogP contribution is -2.28. The van der Waals surface area contributed by atoms with Gasteiger partial charge in [0.15, 0.2) is 10.4 Å². The molecule has 88 valence electrons. The maximum atomic E-state index is 12.0. The van der Waals surface area contributed by atoms with E-state index in [0.717, 1.165) is 25.9 Å². The van der Waals surface area contributed by atoms with Crippen LogP contribution < -0.4 is 0 Å². The number of amides is 1. The highest BCUT2D eigenvalue weighted by Crippen LogP contribution is 2.22. The zero-order chi connectivity index (χ0) is 11.5. The molecule has 0 radical (unpaired) electrons. The van der Waals surface area contributed by atoms with Crippen molar-refractivity contribution in [2.45, 2.75) is 12.8 Å². The van der Waals surface area contributed by atoms with E-state index in [9.17, 15) is 4.79 Å². The van der Waals surface area contributed by atoms with Crippen LogP contribution in [0.3, 0.4) is 0 Å². The molecule has 1 N–H and O–H groups in total. The van der Waals surface area contributed by atoms with Gasteiger partial charge in [-0.05, 0) is 46.8 Å². The minimum atomic E-state index is -0.0638. The summed E-state index contributed by atoms with van der Waals surface area (Å²) in [5.74, 6) is 0.731. The van der Waals surface area contributed by atoms with Gasteiger partial charge in [0.05, 0.1) is 0 Å². The van der Waals surface area contributed by atoms with Crippen LogP contribution >= 0.6 is 15.9 Å². The van der Waals surface area contributed by atoms with E-state index in [4.69, 9.17) is 9.52 Å². The van der Waals surface area contributed by atoms with Gasteiger partial charge in [0, 0.05) is 19.7 Å². The average molecular weight is 288 g/mol. The minimum Gasteiger partial charge on any atom is -0.444 e. The van der Waals surface area contributed by atoms with Crippen LogP contribution in [0.1, 0.15) is 23.4 Å². The van der Waals surface area contributed by atoms with Crippen LogP contribution in [0.5, 0.6) is 0 Å². The van der Waals surface area contributed by atoms with Crippen molar-refractivity contribution in [3.05, 3.63) is 22.6 Å². The fraction of sp³-hybridized carbons (Fsp3) is 0.545. The second kappa shape index (κ2) is 5.01. The predicted octanol–water partition coefficient (Wildman–Crippen LogP) is 1.89. The normalized spacial score (nSPS) is 20.4. The highest BCUT2D eigenvalue weighted by atomic mass is 79.9. The van der Waals surface area contributed by atoms with Crippen LogP contribution in [-0.2, 0) is 0 Å². The Bertz CT molecular complexity index is 377. The Balaban J connectivity index is 1.97. The third kappa shape index (κ3) is 2.47. The van der Waals surface area contributed by atoms with Gasteiger partial charge >= 0.3 is 0 Å². The SMILES string of the molecule is O=C(c1ccc(Br)o1)N1CCC(CCO)C1. The van der Waals surface area contributed by atoms with Gasteiger partial charge in [-0.15, -0.1) is 0 Å². The maximum Gasteiger partial charge on any atom is 0.289 e. The summed E-state index contributed by atoms with van der Waals surface area (Å²) in [5.41, 5.74) is 0. The summed E-state index contributed by atoms with van der Waals surface area (Å²) in [6, 6.07) is 3.39. The van der Waals surface area contributed by atoms with Crippen molar-refractivity contribution >= 4 is 21.8 Å². The molecule has 1 aromatic heterocycles. The van der Waals surface area contributed by atoms with Crippen molar-refractivity contribution in [1.82, 2.24) is 4.90 Å². The summed E-state index contributed by atoms with van der Waals surface area (Å²) in [4.78, 5) is 13.7. The minimum absolute atomic E-state index is 0.0638. The second-order valence-corrected chi connectivity index (χ2v) is 4.80. The van der Waals surface area contributed by atoms with E-state index in [2.05, 4.69) is 15.9 Å². The molecule has 1 saturated heterocycles. The number of aliphatic hydroxyl groups is 1. The molecule has 2 rings (SSSR count). The molecule has 0 bridgehead atoms. The fourth-order valence-electron chi connectivity index (χ4n) is 2.02. The lowest BCUT2D eigenvalue weighted by atomic mass is 10.1. The van der Waals surface area contributed by atoms with Gasteiger partial charge in [0.1, 0.15) is 0 Å². The summed E-state index contributed by atoms with van der Waals surface area (Å²) in [5, 5.41) is 8.84. The third-order valence-electron chi connectivity index (χ3n) is 2.89. The van der Waals surface area contributed by atoms with Crippen LogP contribution in [0.25, 0.3) is 0 Å². The van der Waals surface area contributed by atoms with Crippen LogP contribution in [0.4, 0.5) is 0 Å². The van der Waals surface area contributed by atoms with Crippen LogP contribution in [0.15, 0.2) is 21.2 Å². The molecule has 16 heavy (non-hydrogen) atoms. The Kier molecular flexibility index (Phi) is 3.66. The molecule has 5 heteroatoms. The van der Waals surface area contributed by atoms with Crippen LogP contribution in [0.2, 0.25) is 0 Å². The number of rotatable bonds is 3. The van der Waals surface area contributed by atoms with E-state index >= 15 is 0 Å². The first kappa shape index (κ1) is 11.7. The highest BCUT2D eigenvalue weighted by Gasteiger charge is 2.27. The number of halogens is 1. The number of hydrogen-bond donors (Lipinski definition) is 1. The fourth-order valence-corrected chi connectivity index (χ4v) is 2.33. The Morgan fingerprint density at radius 3 is 3.06 bits per heavy atom. The summed E-state index contributed by atoms with van der Waals surface area (Å²) in [6.45, 7) is 1.67. The maximum absolute atomic E-state index is 12.0. The Morgan fingerprint density at radius 2 is 2.44 bits per heavy atom. The van der Waals surface area contributed by atoms with E-state index in [1.54, 1.807) is 17.0 Å². The molecular formula is C11H14BrNO3. The number of carbonyl (C=O) groups excluding carboxylic acids is 1. The first-order valence-electron chi connectivity index (χ1n) is 5.36. The van der Waals surface area contributed by atoms with E-state index in [0.29, 0.717) is 16.3 Å². The molecule has 1 aliphatic rings. The lowest BCUT2D eigenvalue weighted by Gasteiger charge is -2.14. The number of carbonyl (C=O) groups is 1. The van der Waals surface area contributed by atoms with Gasteiger partial charge in [0.25, 0.3) is 5.91 Å². The van der Waals surface area contributed by atoms with Crippen molar-refractivity contribution < 1.29 is 14.3 Å². The molecule has 1 atom stereocenters. The zero-order valence-corrected chi connectivity index (χ0v) is 10.4. The Morgan fingerprint density at radius 1 is 1.62 bits per heavy atom. The highest BCUT2D eigenvalue weighted by molar-refractivity contribution is 9.10. The molecule has 1 amide bonds. The standard InChI is InChI=1S/C11H14BrNO3/c12-10-2-1-9(16-10)11(15)13-5-3-8(7-13)4-6-14/h1-2,8,14H,3-7H2. The molecule has 2 heterocycles. The molecular weight excluding hydrogens is 274 g/mol. The predicted molar refractivity (Wildman–Crippen MR) is 62.1 cm³/mol. The number of likely N-dealkylation sites (tertiary alicyclic amines) is 1. The largest absolute Gasteiger partial charge is 0.444 e. The molecule has 1 fully saturated rings. The molecule has 0 aromatic carbocycles. The quantitative estimate of drug-likeness (QED) is 0.924. The van der Waals surface area contributed by atoms with E-state index in [1.807, 2.05) is 0 Å². The number of hydrogen-bond acceptors (Lipinski definition) is 3. The molecule has 0 saturated carbocycles. The third-order valence-corrected chi connectivity index (χ3v) is 3.32. The second-order valence-electron chi connectivity index (χ2n) is 4.02. The monoisotopic (exact) mass is 287 g/mol. The number of furan rings is 1. The molecule has 4 nitrogen and oxygen atoms in total. The number of aliphatic hydroxyl groups excluding tert-OH is 1. The van der Waals surface area contributed by atoms with Gasteiger partial charge in [0.2, 0.25) is 0 Å². The molecule has 1 unspecified atom stereocenters. The van der Waals surface area contributed by atoms with Crippen LogP contribution in [0, 0.1) is 5.92 Å². The van der Waals surface area contributed by atoms with Crippen molar-refractivity contribution in [3.8, 4) is 0 Å². The molecule has 1 aromatic rings. The summed E-state index contributed by atoms with van der Waals surface area (Å²) in [6.07, 6.45) is 1.74. The van der Waals surface area contributed by atoms with Gasteiger partial charge in [-0.25, -0.2) is 0 Å². The molecule has 1 aliphatic heterocycles. The smallest absolute Gasteiger partial charge is 0.289 e. The van der Waals surface area contributed by atoms with Gasteiger partial charge < -0.3 is 14.4 Å². The lowest BCUT2D eigenvalue weighted by molar-refractivity contribution is 0.0752. The summed E-state index contributed by atoms with van der Waals surface area (Å²) < 4.78 is 5.80.